The minimum Gasteiger partial charge on any atom is -0.486 e. The van der Waals surface area contributed by atoms with Crippen molar-refractivity contribution in [2.45, 2.75) is 52.8 Å². The molecule has 0 aliphatic rings. The number of aromatic nitrogens is 4. The van der Waals surface area contributed by atoms with Gasteiger partial charge in [0.15, 0.2) is 0 Å². The number of furan rings is 1. The molecule has 0 aliphatic carbocycles. The average molecular weight is 921 g/mol. The Morgan fingerprint density at radius 3 is 2.36 bits per heavy atom. The van der Waals surface area contributed by atoms with Crippen molar-refractivity contribution in [2.24, 2.45) is 0 Å². The first-order valence-corrected chi connectivity index (χ1v) is 21.4. The predicted octanol–water partition coefficient (Wildman–Crippen LogP) is 11.7. The van der Waals surface area contributed by atoms with Gasteiger partial charge in [-0.25, -0.2) is 4.98 Å². The molecular weight excluding hydrogens is 876 g/mol. The molecule has 0 saturated carbocycles. The number of aryl methyl sites for hydroxylation is 1. The van der Waals surface area contributed by atoms with Gasteiger partial charge in [-0.05, 0) is 57.4 Å². The van der Waals surface area contributed by atoms with Crippen molar-refractivity contribution in [1.82, 2.24) is 19.5 Å². The van der Waals surface area contributed by atoms with E-state index in [2.05, 4.69) is 107 Å². The van der Waals surface area contributed by atoms with Crippen LogP contribution in [0.3, 0.4) is 0 Å². The summed E-state index contributed by atoms with van der Waals surface area (Å²) in [7, 11) is -1.72. The second kappa shape index (κ2) is 15.5. The van der Waals surface area contributed by atoms with E-state index < -0.39 is 26.6 Å². The van der Waals surface area contributed by atoms with Crippen molar-refractivity contribution in [3.63, 3.8) is 0 Å². The van der Waals surface area contributed by atoms with Gasteiger partial charge in [-0.2, -0.15) is 0 Å². The normalized spacial score (nSPS) is 13.1. The summed E-state index contributed by atoms with van der Waals surface area (Å²) < 4.78 is 53.5. The van der Waals surface area contributed by atoms with Crippen LogP contribution in [0, 0.1) is 24.8 Å². The van der Waals surface area contributed by atoms with Crippen LogP contribution in [0.2, 0.25) is 19.6 Å². The number of fused-ring (bicyclic) bond motifs is 5. The van der Waals surface area contributed by atoms with Gasteiger partial charge in [0.1, 0.15) is 0 Å². The molecule has 0 aliphatic heterocycles. The molecule has 0 N–H and O–H groups in total. The summed E-state index contributed by atoms with van der Waals surface area (Å²) in [5, 5.41) is 5.46. The molecule has 0 amide bonds. The number of hydrogen-bond acceptors (Lipinski definition) is 4. The van der Waals surface area contributed by atoms with E-state index in [9.17, 15) is 4.39 Å². The van der Waals surface area contributed by atoms with E-state index in [1.165, 1.54) is 22.4 Å². The first kappa shape index (κ1) is 33.1. The van der Waals surface area contributed by atoms with Crippen molar-refractivity contribution in [3.8, 4) is 22.6 Å². The van der Waals surface area contributed by atoms with Gasteiger partial charge >= 0.3 is 0 Å². The zero-order chi connectivity index (χ0) is 41.0. The molecule has 0 atom stereocenters. The first-order chi connectivity index (χ1) is 27.6. The number of benzene rings is 5. The van der Waals surface area contributed by atoms with Gasteiger partial charge in [-0.1, -0.05) is 123 Å². The Balaban J connectivity index is 0.000000184. The molecular formula is C47H41FIrN4OSi-2. The average Bonchev–Trinajstić information content (AvgIpc) is 3.74. The van der Waals surface area contributed by atoms with Crippen LogP contribution in [0.4, 0.5) is 4.39 Å². The molecule has 8 heteroatoms. The third-order valence-corrected chi connectivity index (χ3v) is 11.6. The van der Waals surface area contributed by atoms with Crippen molar-refractivity contribution in [1.29, 1.82) is 0 Å². The molecule has 55 heavy (non-hydrogen) atoms. The topological polar surface area (TPSA) is 56.7 Å². The van der Waals surface area contributed by atoms with E-state index in [-0.39, 0.29) is 31.2 Å². The second-order valence-electron chi connectivity index (χ2n) is 14.7. The van der Waals surface area contributed by atoms with Crippen molar-refractivity contribution < 1.29 is 34.4 Å². The molecule has 4 heterocycles. The summed E-state index contributed by atoms with van der Waals surface area (Å²) in [6, 6.07) is 41.4. The van der Waals surface area contributed by atoms with Gasteiger partial charge in [0, 0.05) is 55.7 Å². The fourth-order valence-electron chi connectivity index (χ4n) is 6.94. The Hall–Kier alpha value is -5.27. The van der Waals surface area contributed by atoms with Crippen LogP contribution in [0.25, 0.3) is 66.5 Å². The van der Waals surface area contributed by atoms with Crippen LogP contribution in [0.5, 0.6) is 0 Å². The van der Waals surface area contributed by atoms with Crippen molar-refractivity contribution >= 4 is 57.1 Å². The maximum absolute atomic E-state index is 14.5. The van der Waals surface area contributed by atoms with Gasteiger partial charge in [0.05, 0.1) is 30.5 Å². The van der Waals surface area contributed by atoms with E-state index >= 15 is 0 Å². The summed E-state index contributed by atoms with van der Waals surface area (Å²) >= 11 is 0. The van der Waals surface area contributed by atoms with Gasteiger partial charge in [-0.3, -0.25) is 9.37 Å². The largest absolute Gasteiger partial charge is 0.486 e. The summed E-state index contributed by atoms with van der Waals surface area (Å²) in [6.07, 6.45) is 3.49. The molecule has 9 aromatic rings. The van der Waals surface area contributed by atoms with Gasteiger partial charge in [0.2, 0.25) is 5.71 Å². The van der Waals surface area contributed by atoms with E-state index in [1.807, 2.05) is 30.3 Å². The van der Waals surface area contributed by atoms with E-state index in [4.69, 9.17) is 14.9 Å². The molecule has 0 spiro atoms. The Morgan fingerprint density at radius 1 is 0.873 bits per heavy atom. The van der Waals surface area contributed by atoms with Crippen LogP contribution in [0.1, 0.15) is 41.9 Å². The zero-order valence-electron chi connectivity index (χ0n) is 35.2. The maximum Gasteiger partial charge on any atom is 0.216 e. The third kappa shape index (κ3) is 7.55. The fraction of sp³-hybridized carbons (Fsp3) is 0.170. The van der Waals surface area contributed by atoms with Gasteiger partial charge in [-0.15, -0.1) is 42.0 Å². The SMILES string of the molecule is [2H]C([2H])([2H])c1c[c-]c(-c2cc(C([2H])(C)C)c([Si](C)(C)C)cn2)c(F)c1.[Ir].[c-]1ccc2c(oc3ncccc32)c1-c1nc2cc3ccccc3cc2n1Cc1ccccc1. The second-order valence-corrected chi connectivity index (χ2v) is 19.8. The number of nitrogens with zero attached hydrogens (tertiary/aromatic N) is 4. The molecule has 1 radical (unpaired) electrons. The number of rotatable bonds is 6. The summed E-state index contributed by atoms with van der Waals surface area (Å²) in [5.41, 5.74) is 6.73. The summed E-state index contributed by atoms with van der Waals surface area (Å²) in [4.78, 5) is 13.9. The molecule has 0 unspecified atom stereocenters. The molecule has 5 aromatic carbocycles. The first-order valence-electron chi connectivity index (χ1n) is 19.9. The van der Waals surface area contributed by atoms with E-state index in [0.717, 1.165) is 55.6 Å². The summed E-state index contributed by atoms with van der Waals surface area (Å²) in [5.74, 6) is -0.674. The van der Waals surface area contributed by atoms with Crippen LogP contribution in [-0.4, -0.2) is 27.6 Å². The number of hydrogen-bond donors (Lipinski definition) is 0. The Bertz CT molecular complexity index is 2970. The van der Waals surface area contributed by atoms with Crippen LogP contribution >= 0.6 is 0 Å². The van der Waals surface area contributed by atoms with E-state index in [0.29, 0.717) is 18.0 Å². The van der Waals surface area contributed by atoms with Gasteiger partial charge < -0.3 is 14.0 Å². The standard InChI is InChI=1S/C29H18N3O.C18H23FNSi.Ir/c1-2-8-19(9-3-1)18-32-26-17-21-11-5-4-10-20(21)16-25(26)31-28(32)24-13-6-12-22-23-14-7-15-30-29(23)33-27(22)24;1-12(2)15-10-17(20-11-18(15)21(4,5)6)14-8-7-13(3)9-16(14)19;/h1-12,14-17H,18H2;7,9-12H,1-6H3;/q2*-1;/i;3D3,12D;. The van der Waals surface area contributed by atoms with Crippen LogP contribution in [-0.2, 0) is 26.7 Å². The minimum absolute atomic E-state index is 0. The smallest absolute Gasteiger partial charge is 0.216 e. The summed E-state index contributed by atoms with van der Waals surface area (Å²) in [6.45, 7) is 8.46. The molecule has 5 nitrogen and oxygen atoms in total. The predicted molar refractivity (Wildman–Crippen MR) is 222 cm³/mol. The Labute approximate surface area is 341 Å². The quantitative estimate of drug-likeness (QED) is 0.123. The number of pyridine rings is 2. The maximum atomic E-state index is 14.5. The fourth-order valence-corrected chi connectivity index (χ4v) is 8.52. The monoisotopic (exact) mass is 921 g/mol. The van der Waals surface area contributed by atoms with Crippen molar-refractivity contribution in [3.05, 3.63) is 156 Å². The molecule has 277 valence electrons. The Kier molecular flexibility index (Phi) is 9.30. The molecule has 0 saturated heterocycles. The van der Waals surface area contributed by atoms with Crippen LogP contribution in [0.15, 0.2) is 126 Å². The molecule has 0 bridgehead atoms. The van der Waals surface area contributed by atoms with E-state index in [1.54, 1.807) is 32.3 Å². The number of imidazole rings is 1. The minimum atomic E-state index is -2.38. The zero-order valence-corrected chi connectivity index (χ0v) is 34.6. The van der Waals surface area contributed by atoms with Crippen LogP contribution < -0.4 is 5.19 Å². The third-order valence-electron chi connectivity index (χ3n) is 9.63. The molecule has 9 rings (SSSR count). The molecule has 4 aromatic heterocycles. The van der Waals surface area contributed by atoms with Gasteiger partial charge in [0.25, 0.3) is 0 Å². The Morgan fingerprint density at radius 2 is 1.64 bits per heavy atom. The number of halogens is 1. The molecule has 0 fully saturated rings. The van der Waals surface area contributed by atoms with Crippen molar-refractivity contribution in [2.75, 3.05) is 0 Å².